The van der Waals surface area contributed by atoms with Gasteiger partial charge in [-0.1, -0.05) is 0 Å². The zero-order valence-corrected chi connectivity index (χ0v) is 11.1. The van der Waals surface area contributed by atoms with Crippen LogP contribution in [0, 0.1) is 0 Å². The van der Waals surface area contributed by atoms with Crippen LogP contribution in [0.15, 0.2) is 47.5 Å². The van der Waals surface area contributed by atoms with Gasteiger partial charge in [0.1, 0.15) is 5.75 Å². The average molecular weight is 260 g/mol. The predicted molar refractivity (Wildman–Crippen MR) is 74.7 cm³/mol. The number of rotatable bonds is 5. The third-order valence-electron chi connectivity index (χ3n) is 2.56. The minimum absolute atomic E-state index is 0.487. The van der Waals surface area contributed by atoms with Crippen molar-refractivity contribution in [3.8, 4) is 5.75 Å². The molecule has 1 aromatic carbocycles. The third-order valence-corrected chi connectivity index (χ3v) is 3.64. The van der Waals surface area contributed by atoms with Crippen LogP contribution in [0.4, 0.5) is 0 Å². The number of aromatic nitrogens is 1. The standard InChI is InChI=1S/C14H16N2OS/c1-17-13-2-4-14(5-3-13)18-10-11-6-7-16-12(8-11)9-15/h2-8H,9-10,15H2,1H3. The van der Waals surface area contributed by atoms with E-state index >= 15 is 0 Å². The summed E-state index contributed by atoms with van der Waals surface area (Å²) in [6.45, 7) is 0.487. The van der Waals surface area contributed by atoms with Crippen molar-refractivity contribution in [1.29, 1.82) is 0 Å². The van der Waals surface area contributed by atoms with Gasteiger partial charge in [0.15, 0.2) is 0 Å². The second kappa shape index (κ2) is 6.42. The van der Waals surface area contributed by atoms with E-state index in [1.54, 1.807) is 18.9 Å². The van der Waals surface area contributed by atoms with E-state index in [9.17, 15) is 0 Å². The van der Waals surface area contributed by atoms with Gasteiger partial charge < -0.3 is 10.5 Å². The van der Waals surface area contributed by atoms with Gasteiger partial charge in [-0.2, -0.15) is 0 Å². The van der Waals surface area contributed by atoms with Crippen LogP contribution in [0.25, 0.3) is 0 Å². The summed E-state index contributed by atoms with van der Waals surface area (Å²) in [6.07, 6.45) is 1.81. The van der Waals surface area contributed by atoms with E-state index in [-0.39, 0.29) is 0 Å². The third kappa shape index (κ3) is 3.48. The smallest absolute Gasteiger partial charge is 0.118 e. The number of benzene rings is 1. The highest BCUT2D eigenvalue weighted by molar-refractivity contribution is 7.98. The fraction of sp³-hybridized carbons (Fsp3) is 0.214. The molecule has 4 heteroatoms. The van der Waals surface area contributed by atoms with Crippen molar-refractivity contribution in [3.63, 3.8) is 0 Å². The zero-order chi connectivity index (χ0) is 12.8. The minimum atomic E-state index is 0.487. The Morgan fingerprint density at radius 2 is 2.00 bits per heavy atom. The Labute approximate surface area is 111 Å². The molecular weight excluding hydrogens is 244 g/mol. The molecule has 1 heterocycles. The number of thioether (sulfide) groups is 1. The van der Waals surface area contributed by atoms with Gasteiger partial charge in [0, 0.05) is 23.4 Å². The van der Waals surface area contributed by atoms with Crippen LogP contribution >= 0.6 is 11.8 Å². The summed E-state index contributed by atoms with van der Waals surface area (Å²) in [5.74, 6) is 1.80. The Bertz CT molecular complexity index is 499. The van der Waals surface area contributed by atoms with Crippen LogP contribution in [-0.4, -0.2) is 12.1 Å². The molecule has 1 aromatic heterocycles. The molecule has 18 heavy (non-hydrogen) atoms. The van der Waals surface area contributed by atoms with Gasteiger partial charge in [-0.3, -0.25) is 4.98 Å². The molecular formula is C14H16N2OS. The Kier molecular flexibility index (Phi) is 4.61. The van der Waals surface area contributed by atoms with Crippen molar-refractivity contribution in [2.75, 3.05) is 7.11 Å². The first kappa shape index (κ1) is 12.9. The molecule has 0 aliphatic heterocycles. The number of methoxy groups -OCH3 is 1. The van der Waals surface area contributed by atoms with E-state index in [4.69, 9.17) is 10.5 Å². The van der Waals surface area contributed by atoms with Gasteiger partial charge >= 0.3 is 0 Å². The second-order valence-corrected chi connectivity index (χ2v) is 4.87. The number of hydrogen-bond donors (Lipinski definition) is 1. The van der Waals surface area contributed by atoms with E-state index in [0.29, 0.717) is 6.54 Å². The Balaban J connectivity index is 1.97. The maximum absolute atomic E-state index is 5.57. The Morgan fingerprint density at radius 3 is 2.67 bits per heavy atom. The van der Waals surface area contributed by atoms with Crippen molar-refractivity contribution in [3.05, 3.63) is 53.9 Å². The number of nitrogens with two attached hydrogens (primary N) is 1. The number of nitrogens with zero attached hydrogens (tertiary/aromatic N) is 1. The maximum Gasteiger partial charge on any atom is 0.118 e. The van der Waals surface area contributed by atoms with E-state index in [2.05, 4.69) is 23.2 Å². The average Bonchev–Trinajstić information content (AvgIpc) is 2.46. The van der Waals surface area contributed by atoms with Gasteiger partial charge in [0.05, 0.1) is 12.8 Å². The van der Waals surface area contributed by atoms with E-state index in [1.165, 1.54) is 10.5 Å². The zero-order valence-electron chi connectivity index (χ0n) is 10.3. The molecule has 0 spiro atoms. The summed E-state index contributed by atoms with van der Waals surface area (Å²) in [7, 11) is 1.67. The van der Waals surface area contributed by atoms with Crippen LogP contribution in [0.3, 0.4) is 0 Å². The van der Waals surface area contributed by atoms with Gasteiger partial charge in [-0.05, 0) is 42.0 Å². The quantitative estimate of drug-likeness (QED) is 0.840. The summed E-state index contributed by atoms with van der Waals surface area (Å²) >= 11 is 1.79. The summed E-state index contributed by atoms with van der Waals surface area (Å²) in [5, 5.41) is 0. The lowest BCUT2D eigenvalue weighted by molar-refractivity contribution is 0.414. The van der Waals surface area contributed by atoms with Crippen LogP contribution in [-0.2, 0) is 12.3 Å². The molecule has 0 saturated carbocycles. The number of hydrogen-bond acceptors (Lipinski definition) is 4. The van der Waals surface area contributed by atoms with Crippen molar-refractivity contribution in [2.45, 2.75) is 17.2 Å². The van der Waals surface area contributed by atoms with Crippen molar-refractivity contribution < 1.29 is 4.74 Å². The molecule has 0 saturated heterocycles. The van der Waals surface area contributed by atoms with E-state index in [1.807, 2.05) is 24.4 Å². The first-order valence-electron chi connectivity index (χ1n) is 5.72. The van der Waals surface area contributed by atoms with Crippen LogP contribution in [0.5, 0.6) is 5.75 Å². The molecule has 0 fully saturated rings. The summed E-state index contributed by atoms with van der Waals surface area (Å²) < 4.78 is 5.13. The summed E-state index contributed by atoms with van der Waals surface area (Å²) in [4.78, 5) is 5.41. The molecule has 0 amide bonds. The molecule has 0 aliphatic rings. The Hall–Kier alpha value is -1.52. The highest BCUT2D eigenvalue weighted by atomic mass is 32.2. The highest BCUT2D eigenvalue weighted by Gasteiger charge is 1.99. The molecule has 0 unspecified atom stereocenters. The van der Waals surface area contributed by atoms with Crippen molar-refractivity contribution >= 4 is 11.8 Å². The summed E-state index contributed by atoms with van der Waals surface area (Å²) in [5.41, 5.74) is 7.75. The number of pyridine rings is 1. The lowest BCUT2D eigenvalue weighted by atomic mass is 10.2. The molecule has 0 radical (unpaired) electrons. The minimum Gasteiger partial charge on any atom is -0.497 e. The first-order valence-corrected chi connectivity index (χ1v) is 6.71. The maximum atomic E-state index is 5.57. The second-order valence-electron chi connectivity index (χ2n) is 3.82. The molecule has 94 valence electrons. The topological polar surface area (TPSA) is 48.1 Å². The molecule has 0 atom stereocenters. The lowest BCUT2D eigenvalue weighted by Gasteiger charge is -2.04. The largest absolute Gasteiger partial charge is 0.497 e. The van der Waals surface area contributed by atoms with E-state index in [0.717, 1.165) is 17.2 Å². The van der Waals surface area contributed by atoms with Crippen LogP contribution in [0.2, 0.25) is 0 Å². The first-order chi connectivity index (χ1) is 8.81. The van der Waals surface area contributed by atoms with Crippen molar-refractivity contribution in [2.24, 2.45) is 5.73 Å². The molecule has 2 N–H and O–H groups in total. The molecule has 0 bridgehead atoms. The van der Waals surface area contributed by atoms with Crippen molar-refractivity contribution in [1.82, 2.24) is 4.98 Å². The lowest BCUT2D eigenvalue weighted by Crippen LogP contribution is -1.99. The Morgan fingerprint density at radius 1 is 1.22 bits per heavy atom. The molecule has 2 aromatic rings. The van der Waals surface area contributed by atoms with Gasteiger partial charge in [0.2, 0.25) is 0 Å². The highest BCUT2D eigenvalue weighted by Crippen LogP contribution is 2.24. The monoisotopic (exact) mass is 260 g/mol. The van der Waals surface area contributed by atoms with Gasteiger partial charge in [0.25, 0.3) is 0 Å². The van der Waals surface area contributed by atoms with Crippen LogP contribution < -0.4 is 10.5 Å². The van der Waals surface area contributed by atoms with E-state index < -0.39 is 0 Å². The summed E-state index contributed by atoms with van der Waals surface area (Å²) in [6, 6.07) is 12.1. The number of ether oxygens (including phenoxy) is 1. The fourth-order valence-corrected chi connectivity index (χ4v) is 2.41. The van der Waals surface area contributed by atoms with Crippen LogP contribution in [0.1, 0.15) is 11.3 Å². The molecule has 0 aliphatic carbocycles. The normalized spacial score (nSPS) is 10.3. The van der Waals surface area contributed by atoms with Gasteiger partial charge in [-0.15, -0.1) is 11.8 Å². The SMILES string of the molecule is COc1ccc(SCc2ccnc(CN)c2)cc1. The predicted octanol–water partition coefficient (Wildman–Crippen LogP) is 2.84. The molecule has 2 rings (SSSR count). The molecule has 3 nitrogen and oxygen atoms in total. The van der Waals surface area contributed by atoms with Gasteiger partial charge in [-0.25, -0.2) is 0 Å². The fourth-order valence-electron chi connectivity index (χ4n) is 1.57.